The molecule has 5 amide bonds. The van der Waals surface area contributed by atoms with E-state index in [4.69, 9.17) is 0 Å². The first-order chi connectivity index (χ1) is 28.3. The molecule has 2 saturated heterocycles. The van der Waals surface area contributed by atoms with Gasteiger partial charge in [-0.3, -0.25) is 39.1 Å². The predicted molar refractivity (Wildman–Crippen MR) is 224 cm³/mol. The summed E-state index contributed by atoms with van der Waals surface area (Å²) in [6.07, 6.45) is 5.20. The minimum absolute atomic E-state index is 0.0691. The second kappa shape index (κ2) is 18.8. The number of amides is 5. The molecule has 0 aliphatic carbocycles. The van der Waals surface area contributed by atoms with Crippen LogP contribution in [-0.4, -0.2) is 105 Å². The molecule has 4 aromatic rings. The van der Waals surface area contributed by atoms with Crippen molar-refractivity contribution in [2.45, 2.75) is 58.1 Å². The molecule has 2 aliphatic heterocycles. The second-order valence-corrected chi connectivity index (χ2v) is 15.1. The Kier molecular flexibility index (Phi) is 13.4. The molecule has 1 atom stereocenters. The summed E-state index contributed by atoms with van der Waals surface area (Å²) < 4.78 is 0. The maximum atomic E-state index is 13.4. The van der Waals surface area contributed by atoms with Gasteiger partial charge in [-0.2, -0.15) is 4.98 Å². The number of rotatable bonds is 16. The standard InChI is InChI=1S/C43H50N10O6/c1-5-19-44-39(56)33-26-45-42(50-38(33)48-36-10-6-9-35(47-36)43(3,4)59)46-30-13-15-31(16-14-30)52-23-21-51(22-24-52)20-7-8-29-12-11-28(2)32(25-29)41(58)53(27-54)34-17-18-37(55)49-40(34)57/h5-6,9-16,25-27,34,59H,1,7-8,17-24H2,2-4H3,(H,44,56)(H,49,55,57)(H2,45,46,47,48,50). The Morgan fingerprint density at radius 2 is 1.78 bits per heavy atom. The molecule has 5 N–H and O–H groups in total. The first-order valence-corrected chi connectivity index (χ1v) is 19.6. The molecule has 2 aromatic carbocycles. The largest absolute Gasteiger partial charge is 0.384 e. The minimum atomic E-state index is -1.16. The molecule has 0 bridgehead atoms. The van der Waals surface area contributed by atoms with Crippen LogP contribution in [0.25, 0.3) is 0 Å². The van der Waals surface area contributed by atoms with Gasteiger partial charge in [-0.25, -0.2) is 9.97 Å². The number of nitrogens with one attached hydrogen (secondary N) is 4. The molecule has 0 spiro atoms. The van der Waals surface area contributed by atoms with Gasteiger partial charge in [0.25, 0.3) is 11.8 Å². The molecule has 2 aromatic heterocycles. The van der Waals surface area contributed by atoms with Crippen molar-refractivity contribution in [1.29, 1.82) is 0 Å². The summed E-state index contributed by atoms with van der Waals surface area (Å²) in [5.74, 6) is -1.06. The molecule has 16 heteroatoms. The number of hydrogen-bond acceptors (Lipinski definition) is 13. The summed E-state index contributed by atoms with van der Waals surface area (Å²) in [4.78, 5) is 81.4. The summed E-state index contributed by atoms with van der Waals surface area (Å²) in [7, 11) is 0. The van der Waals surface area contributed by atoms with Crippen LogP contribution in [0.2, 0.25) is 0 Å². The third-order valence-corrected chi connectivity index (χ3v) is 10.3. The summed E-state index contributed by atoms with van der Waals surface area (Å²) in [6.45, 7) is 13.4. The van der Waals surface area contributed by atoms with Gasteiger partial charge in [-0.05, 0) is 100 Å². The van der Waals surface area contributed by atoms with Crippen molar-refractivity contribution in [3.63, 3.8) is 0 Å². The molecule has 308 valence electrons. The average molecular weight is 803 g/mol. The van der Waals surface area contributed by atoms with Crippen LogP contribution in [0.1, 0.15) is 70.6 Å². The maximum Gasteiger partial charge on any atom is 0.261 e. The molecule has 0 saturated carbocycles. The van der Waals surface area contributed by atoms with E-state index in [2.05, 4.69) is 52.6 Å². The summed E-state index contributed by atoms with van der Waals surface area (Å²) >= 11 is 0. The number of benzene rings is 2. The molecular formula is C43H50N10O6. The smallest absolute Gasteiger partial charge is 0.261 e. The number of hydrogen-bond donors (Lipinski definition) is 5. The molecular weight excluding hydrogens is 753 g/mol. The van der Waals surface area contributed by atoms with E-state index >= 15 is 0 Å². The van der Waals surface area contributed by atoms with Gasteiger partial charge in [-0.1, -0.05) is 24.3 Å². The van der Waals surface area contributed by atoms with E-state index in [1.54, 1.807) is 51.1 Å². The Morgan fingerprint density at radius 1 is 1.02 bits per heavy atom. The van der Waals surface area contributed by atoms with Gasteiger partial charge in [0.1, 0.15) is 28.8 Å². The normalized spacial score (nSPS) is 15.9. The van der Waals surface area contributed by atoms with Crippen LogP contribution in [0.5, 0.6) is 0 Å². The average Bonchev–Trinajstić information content (AvgIpc) is 3.22. The van der Waals surface area contributed by atoms with Gasteiger partial charge in [-0.15, -0.1) is 6.58 Å². The van der Waals surface area contributed by atoms with Crippen molar-refractivity contribution in [3.05, 3.63) is 107 Å². The zero-order valence-corrected chi connectivity index (χ0v) is 33.5. The Hall–Kier alpha value is -6.52. The van der Waals surface area contributed by atoms with Crippen molar-refractivity contribution < 1.29 is 29.1 Å². The molecule has 6 rings (SSSR count). The van der Waals surface area contributed by atoms with E-state index in [1.165, 1.54) is 6.20 Å². The van der Waals surface area contributed by atoms with Gasteiger partial charge >= 0.3 is 0 Å². The monoisotopic (exact) mass is 802 g/mol. The fourth-order valence-corrected chi connectivity index (χ4v) is 6.96. The van der Waals surface area contributed by atoms with E-state index < -0.39 is 29.4 Å². The van der Waals surface area contributed by atoms with Crippen LogP contribution in [0.15, 0.2) is 79.5 Å². The van der Waals surface area contributed by atoms with Gasteiger partial charge in [0, 0.05) is 62.3 Å². The summed E-state index contributed by atoms with van der Waals surface area (Å²) in [5, 5.41) is 21.8. The number of nitrogens with zero attached hydrogens (tertiary/aromatic N) is 6. The lowest BCUT2D eigenvalue weighted by molar-refractivity contribution is -0.139. The number of piperidine rings is 1. The van der Waals surface area contributed by atoms with Gasteiger partial charge < -0.3 is 26.0 Å². The highest BCUT2D eigenvalue weighted by Crippen LogP contribution is 2.26. The number of carbonyl (C=O) groups is 5. The Balaban J connectivity index is 1.02. The van der Waals surface area contributed by atoms with E-state index in [1.807, 2.05) is 36.4 Å². The molecule has 4 heterocycles. The SMILES string of the molecule is C=CCNC(=O)c1cnc(Nc2ccc(N3CCN(CCCc4ccc(C)c(C(=O)N(C=O)C5CCC(=O)NC5=O)c4)CC3)cc2)nc1Nc1cccc(C(C)(C)O)n1. The lowest BCUT2D eigenvalue weighted by Gasteiger charge is -2.36. The fourth-order valence-electron chi connectivity index (χ4n) is 6.96. The highest BCUT2D eigenvalue weighted by molar-refractivity contribution is 6.07. The first-order valence-electron chi connectivity index (χ1n) is 19.6. The van der Waals surface area contributed by atoms with Crippen LogP contribution in [0.3, 0.4) is 0 Å². The first kappa shape index (κ1) is 42.1. The Labute approximate surface area is 343 Å². The number of pyridine rings is 1. The van der Waals surface area contributed by atoms with E-state index in [0.29, 0.717) is 29.0 Å². The fraction of sp³-hybridized carbons (Fsp3) is 0.349. The maximum absolute atomic E-state index is 13.4. The van der Waals surface area contributed by atoms with Gasteiger partial charge in [0.2, 0.25) is 24.2 Å². The predicted octanol–water partition coefficient (Wildman–Crippen LogP) is 3.97. The summed E-state index contributed by atoms with van der Waals surface area (Å²) in [6, 6.07) is 17.8. The topological polar surface area (TPSA) is 202 Å². The number of aryl methyl sites for hydroxylation is 2. The van der Waals surface area contributed by atoms with Crippen molar-refractivity contribution >= 4 is 59.0 Å². The molecule has 0 radical (unpaired) electrons. The zero-order valence-electron chi connectivity index (χ0n) is 33.5. The number of imide groups is 2. The van der Waals surface area contributed by atoms with Crippen molar-refractivity contribution in [3.8, 4) is 0 Å². The van der Waals surface area contributed by atoms with Gasteiger partial charge in [0.15, 0.2) is 0 Å². The van der Waals surface area contributed by atoms with Crippen LogP contribution in [-0.2, 0) is 26.4 Å². The van der Waals surface area contributed by atoms with Gasteiger partial charge in [0.05, 0.1) is 5.69 Å². The Morgan fingerprint density at radius 3 is 2.47 bits per heavy atom. The zero-order chi connectivity index (χ0) is 42.1. The third-order valence-electron chi connectivity index (χ3n) is 10.3. The highest BCUT2D eigenvalue weighted by atomic mass is 16.3. The van der Waals surface area contributed by atoms with Crippen LogP contribution in [0.4, 0.5) is 29.0 Å². The molecule has 1 unspecified atom stereocenters. The van der Waals surface area contributed by atoms with Crippen LogP contribution >= 0.6 is 0 Å². The van der Waals surface area contributed by atoms with Crippen molar-refractivity contribution in [1.82, 2.24) is 35.4 Å². The lowest BCUT2D eigenvalue weighted by atomic mass is 9.99. The highest BCUT2D eigenvalue weighted by Gasteiger charge is 2.35. The quantitative estimate of drug-likeness (QED) is 0.0620. The molecule has 16 nitrogen and oxygen atoms in total. The number of aliphatic hydroxyl groups is 1. The minimum Gasteiger partial charge on any atom is -0.384 e. The van der Waals surface area contributed by atoms with E-state index in [0.717, 1.165) is 67.4 Å². The van der Waals surface area contributed by atoms with Crippen LogP contribution in [0, 0.1) is 6.92 Å². The van der Waals surface area contributed by atoms with Crippen molar-refractivity contribution in [2.75, 3.05) is 54.8 Å². The number of anilines is 5. The second-order valence-electron chi connectivity index (χ2n) is 15.1. The number of piperazine rings is 1. The molecule has 59 heavy (non-hydrogen) atoms. The lowest BCUT2D eigenvalue weighted by Crippen LogP contribution is -2.53. The number of carbonyl (C=O) groups excluding carboxylic acids is 5. The molecule has 2 aliphatic rings. The number of aromatic nitrogens is 3. The molecule has 2 fully saturated rings. The van der Waals surface area contributed by atoms with E-state index in [-0.39, 0.29) is 42.6 Å². The summed E-state index contributed by atoms with van der Waals surface area (Å²) in [5.41, 5.74) is 3.41. The van der Waals surface area contributed by atoms with Crippen molar-refractivity contribution in [2.24, 2.45) is 0 Å². The Bertz CT molecular complexity index is 2200. The van der Waals surface area contributed by atoms with Crippen LogP contribution < -0.4 is 26.2 Å². The van der Waals surface area contributed by atoms with E-state index in [9.17, 15) is 29.1 Å². The third kappa shape index (κ3) is 10.7.